The molecule has 0 unspecified atom stereocenters. The van der Waals surface area contributed by atoms with Crippen LogP contribution < -0.4 is 5.32 Å². The number of rotatable bonds is 4. The molecule has 7 nitrogen and oxygen atoms in total. The molecule has 0 spiro atoms. The molecule has 1 N–H and O–H groups in total. The minimum absolute atomic E-state index is 0.0249. The zero-order valence-corrected chi connectivity index (χ0v) is 19.3. The van der Waals surface area contributed by atoms with Gasteiger partial charge in [0.15, 0.2) is 0 Å². The van der Waals surface area contributed by atoms with Gasteiger partial charge in [-0.1, -0.05) is 45.0 Å². The quantitative estimate of drug-likeness (QED) is 0.730. The van der Waals surface area contributed by atoms with Crippen LogP contribution in [0.25, 0.3) is 0 Å². The molecule has 0 atom stereocenters. The number of imide groups is 1. The summed E-state index contributed by atoms with van der Waals surface area (Å²) in [6, 6.07) is 14.2. The summed E-state index contributed by atoms with van der Waals surface area (Å²) < 4.78 is 0. The number of carbonyl (C=O) groups excluding carboxylic acids is 4. The first-order chi connectivity index (χ1) is 15.6. The average Bonchev–Trinajstić information content (AvgIpc) is 3.04. The standard InChI is InChI=1S/C26H29N3O4/c1-26(2,3)18-10-8-17(9-11-18)23(31)27-19-12-14-28(15-13-19)22(30)16-29-24(32)20-6-4-5-7-21(20)25(29)33/h4-11,19H,12-16H2,1-3H3,(H,27,31). The van der Waals surface area contributed by atoms with E-state index in [1.807, 2.05) is 24.3 Å². The number of hydrogen-bond acceptors (Lipinski definition) is 4. The molecule has 0 saturated carbocycles. The van der Waals surface area contributed by atoms with Gasteiger partial charge >= 0.3 is 0 Å². The largest absolute Gasteiger partial charge is 0.349 e. The summed E-state index contributed by atoms with van der Waals surface area (Å²) in [4.78, 5) is 53.0. The first kappa shape index (κ1) is 22.7. The Balaban J connectivity index is 1.28. The second kappa shape index (κ2) is 8.81. The van der Waals surface area contributed by atoms with E-state index < -0.39 is 11.8 Å². The summed E-state index contributed by atoms with van der Waals surface area (Å²) in [7, 11) is 0. The third-order valence-electron chi connectivity index (χ3n) is 6.37. The van der Waals surface area contributed by atoms with Crippen LogP contribution in [0.3, 0.4) is 0 Å². The molecule has 1 saturated heterocycles. The SMILES string of the molecule is CC(C)(C)c1ccc(C(=O)NC2CCN(C(=O)CN3C(=O)c4ccccc4C3=O)CC2)cc1. The molecule has 172 valence electrons. The zero-order chi connectivity index (χ0) is 23.8. The van der Waals surface area contributed by atoms with Gasteiger partial charge in [0.25, 0.3) is 17.7 Å². The number of piperidine rings is 1. The van der Waals surface area contributed by atoms with E-state index in [1.165, 1.54) is 5.56 Å². The Kier molecular flexibility index (Phi) is 6.06. The summed E-state index contributed by atoms with van der Waals surface area (Å²) in [5.41, 5.74) is 2.50. The monoisotopic (exact) mass is 447 g/mol. The van der Waals surface area contributed by atoms with Crippen LogP contribution in [0.4, 0.5) is 0 Å². The lowest BCUT2D eigenvalue weighted by molar-refractivity contribution is -0.132. The summed E-state index contributed by atoms with van der Waals surface area (Å²) in [5.74, 6) is -1.23. The van der Waals surface area contributed by atoms with Crippen LogP contribution >= 0.6 is 0 Å². The van der Waals surface area contributed by atoms with Gasteiger partial charge in [0, 0.05) is 24.7 Å². The number of nitrogens with zero attached hydrogens (tertiary/aromatic N) is 2. The highest BCUT2D eigenvalue weighted by Gasteiger charge is 2.37. The molecule has 2 aromatic rings. The van der Waals surface area contributed by atoms with Gasteiger partial charge in [-0.3, -0.25) is 24.1 Å². The van der Waals surface area contributed by atoms with Gasteiger partial charge in [0.05, 0.1) is 11.1 Å². The Morgan fingerprint density at radius 2 is 1.45 bits per heavy atom. The Hall–Kier alpha value is -3.48. The van der Waals surface area contributed by atoms with Crippen molar-refractivity contribution in [2.24, 2.45) is 0 Å². The molecule has 2 heterocycles. The number of benzene rings is 2. The van der Waals surface area contributed by atoms with Gasteiger partial charge in [-0.05, 0) is 48.1 Å². The van der Waals surface area contributed by atoms with E-state index in [2.05, 4.69) is 26.1 Å². The highest BCUT2D eigenvalue weighted by atomic mass is 16.2. The molecule has 2 aliphatic heterocycles. The maximum Gasteiger partial charge on any atom is 0.262 e. The van der Waals surface area contributed by atoms with E-state index in [-0.39, 0.29) is 29.8 Å². The smallest absolute Gasteiger partial charge is 0.262 e. The topological polar surface area (TPSA) is 86.8 Å². The molecule has 0 aliphatic carbocycles. The number of nitrogens with one attached hydrogen (secondary N) is 1. The van der Waals surface area contributed by atoms with Crippen molar-refractivity contribution in [3.8, 4) is 0 Å². The molecule has 4 amide bonds. The summed E-state index contributed by atoms with van der Waals surface area (Å²) >= 11 is 0. The Morgan fingerprint density at radius 1 is 0.909 bits per heavy atom. The van der Waals surface area contributed by atoms with Crippen LogP contribution in [-0.2, 0) is 10.2 Å². The molecule has 1 fully saturated rings. The van der Waals surface area contributed by atoms with Gasteiger partial charge < -0.3 is 10.2 Å². The molecule has 4 rings (SSSR count). The fourth-order valence-corrected chi connectivity index (χ4v) is 4.28. The summed E-state index contributed by atoms with van der Waals surface area (Å²) in [6.45, 7) is 7.07. The molecule has 2 aliphatic rings. The van der Waals surface area contributed by atoms with Crippen LogP contribution in [0.1, 0.15) is 70.3 Å². The molecule has 7 heteroatoms. The second-order valence-electron chi connectivity index (χ2n) is 9.70. The van der Waals surface area contributed by atoms with E-state index in [4.69, 9.17) is 0 Å². The maximum absolute atomic E-state index is 12.8. The lowest BCUT2D eigenvalue weighted by atomic mass is 9.86. The molecule has 33 heavy (non-hydrogen) atoms. The average molecular weight is 448 g/mol. The molecular weight excluding hydrogens is 418 g/mol. The predicted molar refractivity (Wildman–Crippen MR) is 124 cm³/mol. The van der Waals surface area contributed by atoms with E-state index in [1.54, 1.807) is 29.2 Å². The van der Waals surface area contributed by atoms with Crippen molar-refractivity contribution in [1.29, 1.82) is 0 Å². The number of amides is 4. The van der Waals surface area contributed by atoms with Crippen molar-refractivity contribution in [2.75, 3.05) is 19.6 Å². The predicted octanol–water partition coefficient (Wildman–Crippen LogP) is 3.00. The highest BCUT2D eigenvalue weighted by Crippen LogP contribution is 2.24. The number of likely N-dealkylation sites (tertiary alicyclic amines) is 1. The van der Waals surface area contributed by atoms with Gasteiger partial charge in [-0.25, -0.2) is 0 Å². The number of hydrogen-bond donors (Lipinski definition) is 1. The molecule has 0 bridgehead atoms. The minimum Gasteiger partial charge on any atom is -0.349 e. The maximum atomic E-state index is 12.8. The van der Waals surface area contributed by atoms with Crippen molar-refractivity contribution >= 4 is 23.6 Å². The summed E-state index contributed by atoms with van der Waals surface area (Å²) in [5, 5.41) is 3.06. The van der Waals surface area contributed by atoms with Crippen LogP contribution in [0.5, 0.6) is 0 Å². The van der Waals surface area contributed by atoms with Crippen molar-refractivity contribution in [1.82, 2.24) is 15.1 Å². The van der Waals surface area contributed by atoms with Crippen LogP contribution in [0.15, 0.2) is 48.5 Å². The van der Waals surface area contributed by atoms with Gasteiger partial charge in [0.2, 0.25) is 5.91 Å². The van der Waals surface area contributed by atoms with E-state index in [0.29, 0.717) is 42.6 Å². The lowest BCUT2D eigenvalue weighted by Crippen LogP contribution is -2.49. The molecule has 0 radical (unpaired) electrons. The van der Waals surface area contributed by atoms with E-state index in [0.717, 1.165) is 4.90 Å². The van der Waals surface area contributed by atoms with E-state index >= 15 is 0 Å². The van der Waals surface area contributed by atoms with E-state index in [9.17, 15) is 19.2 Å². The molecule has 0 aromatic heterocycles. The Bertz CT molecular complexity index is 1060. The first-order valence-corrected chi connectivity index (χ1v) is 11.3. The van der Waals surface area contributed by atoms with Crippen LogP contribution in [-0.4, -0.2) is 59.1 Å². The van der Waals surface area contributed by atoms with Crippen molar-refractivity contribution < 1.29 is 19.2 Å². The minimum atomic E-state index is -0.427. The first-order valence-electron chi connectivity index (χ1n) is 11.3. The van der Waals surface area contributed by atoms with Crippen molar-refractivity contribution in [3.63, 3.8) is 0 Å². The fraction of sp³-hybridized carbons (Fsp3) is 0.385. The Morgan fingerprint density at radius 3 is 1.97 bits per heavy atom. The normalized spacial score (nSPS) is 16.7. The van der Waals surface area contributed by atoms with Crippen LogP contribution in [0.2, 0.25) is 0 Å². The van der Waals surface area contributed by atoms with Crippen LogP contribution in [0, 0.1) is 0 Å². The lowest BCUT2D eigenvalue weighted by Gasteiger charge is -2.33. The third-order valence-corrected chi connectivity index (χ3v) is 6.37. The van der Waals surface area contributed by atoms with Gasteiger partial charge in [0.1, 0.15) is 6.54 Å². The van der Waals surface area contributed by atoms with Crippen molar-refractivity contribution in [3.05, 3.63) is 70.8 Å². The Labute approximate surface area is 193 Å². The van der Waals surface area contributed by atoms with Crippen molar-refractivity contribution in [2.45, 2.75) is 45.1 Å². The number of fused-ring (bicyclic) bond motifs is 1. The van der Waals surface area contributed by atoms with Gasteiger partial charge in [-0.15, -0.1) is 0 Å². The summed E-state index contributed by atoms with van der Waals surface area (Å²) in [6.07, 6.45) is 1.25. The molecule has 2 aromatic carbocycles. The zero-order valence-electron chi connectivity index (χ0n) is 19.3. The van der Waals surface area contributed by atoms with Gasteiger partial charge in [-0.2, -0.15) is 0 Å². The molecular formula is C26H29N3O4. The highest BCUT2D eigenvalue weighted by molar-refractivity contribution is 6.22. The third kappa shape index (κ3) is 4.67. The number of carbonyl (C=O) groups is 4. The fourth-order valence-electron chi connectivity index (χ4n) is 4.28. The second-order valence-corrected chi connectivity index (χ2v) is 9.70.